The molecule has 1 aliphatic heterocycles. The van der Waals surface area contributed by atoms with E-state index in [1.54, 1.807) is 24.1 Å². The maximum absolute atomic E-state index is 11.8. The Bertz CT molecular complexity index is 439. The Labute approximate surface area is 111 Å². The van der Waals surface area contributed by atoms with Gasteiger partial charge in [0.2, 0.25) is 0 Å². The van der Waals surface area contributed by atoms with E-state index < -0.39 is 4.87 Å². The van der Waals surface area contributed by atoms with Crippen LogP contribution in [0.25, 0.3) is 0 Å². The van der Waals surface area contributed by atoms with Crippen molar-refractivity contribution in [3.05, 3.63) is 24.3 Å². The first-order valence-electron chi connectivity index (χ1n) is 5.72. The molecule has 0 aliphatic carbocycles. The highest BCUT2D eigenvalue weighted by Crippen LogP contribution is 2.33. The normalized spacial score (nSPS) is 19.9. The van der Waals surface area contributed by atoms with E-state index in [-0.39, 0.29) is 12.1 Å². The zero-order valence-corrected chi connectivity index (χ0v) is 11.4. The van der Waals surface area contributed by atoms with Gasteiger partial charge in [-0.1, -0.05) is 0 Å². The van der Waals surface area contributed by atoms with Gasteiger partial charge in [0.25, 0.3) is 0 Å². The number of carbonyl (C=O) groups is 1. The van der Waals surface area contributed by atoms with Gasteiger partial charge in [0.05, 0.1) is 18.0 Å². The van der Waals surface area contributed by atoms with Crippen molar-refractivity contribution in [1.82, 2.24) is 0 Å². The van der Waals surface area contributed by atoms with Crippen molar-refractivity contribution < 1.29 is 14.3 Å². The van der Waals surface area contributed by atoms with Crippen LogP contribution in [0.3, 0.4) is 0 Å². The van der Waals surface area contributed by atoms with Gasteiger partial charge in [0.1, 0.15) is 12.4 Å². The van der Waals surface area contributed by atoms with Gasteiger partial charge in [-0.2, -0.15) is 0 Å². The highest BCUT2D eigenvalue weighted by atomic mass is 35.5. The Balaban J connectivity index is 2.31. The van der Waals surface area contributed by atoms with Crippen molar-refractivity contribution in [3.63, 3.8) is 0 Å². The van der Waals surface area contributed by atoms with Gasteiger partial charge < -0.3 is 9.47 Å². The van der Waals surface area contributed by atoms with Crippen LogP contribution in [0.4, 0.5) is 10.5 Å². The largest absolute Gasteiger partial charge is 0.497 e. The summed E-state index contributed by atoms with van der Waals surface area (Å²) in [6.07, 6.45) is -0.362. The average molecular weight is 270 g/mol. The average Bonchev–Trinajstić information content (AvgIpc) is 2.71. The lowest BCUT2D eigenvalue weighted by atomic mass is 10.0. The van der Waals surface area contributed by atoms with E-state index in [0.29, 0.717) is 6.61 Å². The highest BCUT2D eigenvalue weighted by Gasteiger charge is 2.42. The lowest BCUT2D eigenvalue weighted by Gasteiger charge is -2.30. The van der Waals surface area contributed by atoms with Crippen molar-refractivity contribution in [1.29, 1.82) is 0 Å². The minimum Gasteiger partial charge on any atom is -0.497 e. The van der Waals surface area contributed by atoms with Crippen molar-refractivity contribution in [2.45, 2.75) is 24.8 Å². The Morgan fingerprint density at radius 3 is 2.50 bits per heavy atom. The number of benzene rings is 1. The molecule has 5 heteroatoms. The van der Waals surface area contributed by atoms with Crippen LogP contribution < -0.4 is 9.64 Å². The molecule has 0 radical (unpaired) electrons. The SMILES string of the molecule is COc1ccc(N2C(=O)OCC2C(C)(C)Cl)cc1. The zero-order valence-electron chi connectivity index (χ0n) is 10.6. The summed E-state index contributed by atoms with van der Waals surface area (Å²) in [5.41, 5.74) is 0.761. The fourth-order valence-corrected chi connectivity index (χ4v) is 2.12. The second kappa shape index (κ2) is 4.69. The highest BCUT2D eigenvalue weighted by molar-refractivity contribution is 6.24. The minimum atomic E-state index is -0.550. The fraction of sp³-hybridized carbons (Fsp3) is 0.462. The van der Waals surface area contributed by atoms with Crippen LogP contribution >= 0.6 is 11.6 Å². The molecular weight excluding hydrogens is 254 g/mol. The summed E-state index contributed by atoms with van der Waals surface area (Å²) >= 11 is 6.31. The number of anilines is 1. The molecule has 1 unspecified atom stereocenters. The number of cyclic esters (lactones) is 1. The number of hydrogen-bond donors (Lipinski definition) is 0. The molecule has 2 rings (SSSR count). The lowest BCUT2D eigenvalue weighted by Crippen LogP contribution is -2.45. The van der Waals surface area contributed by atoms with Gasteiger partial charge >= 0.3 is 6.09 Å². The third-order valence-corrected chi connectivity index (χ3v) is 3.27. The molecular formula is C13H16ClNO3. The van der Waals surface area contributed by atoms with Crippen molar-refractivity contribution in [2.24, 2.45) is 0 Å². The van der Waals surface area contributed by atoms with E-state index >= 15 is 0 Å². The summed E-state index contributed by atoms with van der Waals surface area (Å²) in [5, 5.41) is 0. The second-order valence-corrected chi connectivity index (χ2v) is 5.70. The predicted octanol–water partition coefficient (Wildman–Crippen LogP) is 3.04. The first-order chi connectivity index (χ1) is 8.43. The van der Waals surface area contributed by atoms with Gasteiger partial charge in [-0.3, -0.25) is 4.90 Å². The van der Waals surface area contributed by atoms with E-state index in [0.717, 1.165) is 11.4 Å². The van der Waals surface area contributed by atoms with Gasteiger partial charge in [-0.05, 0) is 38.1 Å². The molecule has 1 amide bonds. The number of halogens is 1. The van der Waals surface area contributed by atoms with E-state index in [4.69, 9.17) is 21.1 Å². The fourth-order valence-electron chi connectivity index (χ4n) is 1.95. The quantitative estimate of drug-likeness (QED) is 0.792. The molecule has 98 valence electrons. The van der Waals surface area contributed by atoms with Gasteiger partial charge in [0, 0.05) is 5.69 Å². The minimum absolute atomic E-state index is 0.180. The van der Waals surface area contributed by atoms with Crippen LogP contribution in [-0.2, 0) is 4.74 Å². The van der Waals surface area contributed by atoms with E-state index in [2.05, 4.69) is 0 Å². The summed E-state index contributed by atoms with van der Waals surface area (Å²) in [5.74, 6) is 0.744. The molecule has 0 saturated carbocycles. The Morgan fingerprint density at radius 1 is 1.39 bits per heavy atom. The topological polar surface area (TPSA) is 38.8 Å². The zero-order chi connectivity index (χ0) is 13.3. The van der Waals surface area contributed by atoms with E-state index in [1.807, 2.05) is 26.0 Å². The van der Waals surface area contributed by atoms with Crippen LogP contribution in [0.5, 0.6) is 5.75 Å². The molecule has 4 nitrogen and oxygen atoms in total. The van der Waals surface area contributed by atoms with Crippen LogP contribution in [0.1, 0.15) is 13.8 Å². The Morgan fingerprint density at radius 2 is 2.00 bits per heavy atom. The first-order valence-corrected chi connectivity index (χ1v) is 6.10. The molecule has 0 N–H and O–H groups in total. The predicted molar refractivity (Wildman–Crippen MR) is 70.5 cm³/mol. The number of methoxy groups -OCH3 is 1. The molecule has 1 heterocycles. The molecule has 0 aromatic heterocycles. The molecule has 1 saturated heterocycles. The molecule has 1 aromatic rings. The second-order valence-electron chi connectivity index (χ2n) is 4.73. The molecule has 1 aromatic carbocycles. The maximum Gasteiger partial charge on any atom is 0.414 e. The third kappa shape index (κ3) is 2.38. The smallest absolute Gasteiger partial charge is 0.414 e. The summed E-state index contributed by atoms with van der Waals surface area (Å²) in [6.45, 7) is 4.05. The van der Waals surface area contributed by atoms with Crippen LogP contribution in [0, 0.1) is 0 Å². The number of carbonyl (C=O) groups excluding carboxylic acids is 1. The van der Waals surface area contributed by atoms with Gasteiger partial charge in [-0.25, -0.2) is 4.79 Å². The van der Waals surface area contributed by atoms with E-state index in [9.17, 15) is 4.79 Å². The molecule has 0 spiro atoms. The standard InChI is InChI=1S/C13H16ClNO3/c1-13(2,14)11-8-18-12(16)15(11)9-4-6-10(17-3)7-5-9/h4-7,11H,8H2,1-3H3. The van der Waals surface area contributed by atoms with Crippen LogP contribution in [0.2, 0.25) is 0 Å². The molecule has 1 atom stereocenters. The van der Waals surface area contributed by atoms with Crippen LogP contribution in [0.15, 0.2) is 24.3 Å². The number of alkyl halides is 1. The number of nitrogens with zero attached hydrogens (tertiary/aromatic N) is 1. The molecule has 1 fully saturated rings. The summed E-state index contributed by atoms with van der Waals surface area (Å²) in [7, 11) is 1.60. The lowest BCUT2D eigenvalue weighted by molar-refractivity contribution is 0.177. The Hall–Kier alpha value is -1.42. The van der Waals surface area contributed by atoms with E-state index in [1.165, 1.54) is 0 Å². The number of amides is 1. The summed E-state index contributed by atoms with van der Waals surface area (Å²) in [6, 6.07) is 7.07. The van der Waals surface area contributed by atoms with Crippen molar-refractivity contribution in [2.75, 3.05) is 18.6 Å². The number of hydrogen-bond acceptors (Lipinski definition) is 3. The van der Waals surface area contributed by atoms with Gasteiger partial charge in [-0.15, -0.1) is 11.6 Å². The number of ether oxygens (including phenoxy) is 2. The molecule has 0 bridgehead atoms. The van der Waals surface area contributed by atoms with Crippen molar-refractivity contribution >= 4 is 23.4 Å². The third-order valence-electron chi connectivity index (χ3n) is 3.02. The van der Waals surface area contributed by atoms with Crippen LogP contribution in [-0.4, -0.2) is 30.7 Å². The molecule has 1 aliphatic rings. The summed E-state index contributed by atoms with van der Waals surface area (Å²) < 4.78 is 10.2. The number of rotatable bonds is 3. The maximum atomic E-state index is 11.8. The first kappa shape index (κ1) is 13.0. The molecule has 18 heavy (non-hydrogen) atoms. The Kier molecular flexibility index (Phi) is 3.39. The van der Waals surface area contributed by atoms with Gasteiger partial charge in [0.15, 0.2) is 0 Å². The monoisotopic (exact) mass is 269 g/mol. The van der Waals surface area contributed by atoms with Crippen molar-refractivity contribution in [3.8, 4) is 5.75 Å². The summed E-state index contributed by atoms with van der Waals surface area (Å²) in [4.78, 5) is 12.8.